The first-order valence-electron chi connectivity index (χ1n) is 9.15. The Hall–Kier alpha value is -2.12. The Labute approximate surface area is 156 Å². The minimum absolute atomic E-state index is 0.0659. The molecule has 3 heterocycles. The monoisotopic (exact) mass is 371 g/mol. The van der Waals surface area contributed by atoms with Crippen LogP contribution in [-0.2, 0) is 19.4 Å². The number of rotatable bonds is 3. The summed E-state index contributed by atoms with van der Waals surface area (Å²) in [6, 6.07) is 5.42. The molecule has 136 valence electrons. The predicted molar refractivity (Wildman–Crippen MR) is 97.9 cm³/mol. The lowest BCUT2D eigenvalue weighted by Gasteiger charge is -2.34. The molecule has 1 aromatic heterocycles. The molecular weight excluding hydrogens is 350 g/mol. The summed E-state index contributed by atoms with van der Waals surface area (Å²) in [5.74, 6) is 1.43. The number of hydrogen-bond donors (Lipinski definition) is 0. The second-order valence-electron chi connectivity index (χ2n) is 6.97. The highest BCUT2D eigenvalue weighted by molar-refractivity contribution is 7.11. The number of fused-ring (bicyclic) bond motifs is 2. The summed E-state index contributed by atoms with van der Waals surface area (Å²) >= 11 is 1.87. The summed E-state index contributed by atoms with van der Waals surface area (Å²) < 4.78 is 10.7. The summed E-state index contributed by atoms with van der Waals surface area (Å²) in [6.07, 6.45) is 3.60. The van der Waals surface area contributed by atoms with Crippen LogP contribution in [-0.4, -0.2) is 53.7 Å². The number of thiazole rings is 1. The fourth-order valence-corrected chi connectivity index (χ4v) is 5.02. The van der Waals surface area contributed by atoms with Crippen LogP contribution in [0.1, 0.15) is 32.4 Å². The molecule has 1 amide bonds. The van der Waals surface area contributed by atoms with Crippen molar-refractivity contribution in [3.8, 4) is 11.5 Å². The molecule has 3 aliphatic rings. The average Bonchev–Trinajstić information content (AvgIpc) is 3.37. The van der Waals surface area contributed by atoms with Crippen LogP contribution in [0.15, 0.2) is 18.2 Å². The SMILES string of the molecule is O=C(c1ccc2c(c1)OCO2)N1CCN(Cc2nc3c(s2)CCC3)CC1. The Balaban J connectivity index is 1.19. The van der Waals surface area contributed by atoms with Crippen molar-refractivity contribution in [2.45, 2.75) is 25.8 Å². The Kier molecular flexibility index (Phi) is 4.05. The molecule has 7 heteroatoms. The fourth-order valence-electron chi connectivity index (χ4n) is 3.82. The van der Waals surface area contributed by atoms with Crippen LogP contribution >= 0.6 is 11.3 Å². The number of ether oxygens (including phenoxy) is 2. The summed E-state index contributed by atoms with van der Waals surface area (Å²) in [5.41, 5.74) is 1.99. The number of aryl methyl sites for hydroxylation is 2. The van der Waals surface area contributed by atoms with Crippen molar-refractivity contribution in [2.75, 3.05) is 33.0 Å². The van der Waals surface area contributed by atoms with E-state index in [1.165, 1.54) is 28.4 Å². The quantitative estimate of drug-likeness (QED) is 0.829. The predicted octanol–water partition coefficient (Wildman–Crippen LogP) is 2.32. The van der Waals surface area contributed by atoms with Gasteiger partial charge in [-0.3, -0.25) is 9.69 Å². The molecule has 0 N–H and O–H groups in total. The number of carbonyl (C=O) groups is 1. The molecule has 0 atom stereocenters. The fraction of sp³-hybridized carbons (Fsp3) is 0.474. The maximum atomic E-state index is 12.8. The van der Waals surface area contributed by atoms with E-state index in [1.54, 1.807) is 6.07 Å². The lowest BCUT2D eigenvalue weighted by Crippen LogP contribution is -2.48. The highest BCUT2D eigenvalue weighted by Crippen LogP contribution is 2.33. The molecule has 6 nitrogen and oxygen atoms in total. The first-order valence-corrected chi connectivity index (χ1v) is 9.97. The van der Waals surface area contributed by atoms with Gasteiger partial charge >= 0.3 is 0 Å². The molecule has 1 aliphatic carbocycles. The van der Waals surface area contributed by atoms with E-state index in [1.807, 2.05) is 28.4 Å². The topological polar surface area (TPSA) is 54.9 Å². The van der Waals surface area contributed by atoms with E-state index in [4.69, 9.17) is 14.5 Å². The van der Waals surface area contributed by atoms with Gasteiger partial charge in [-0.05, 0) is 37.5 Å². The number of amides is 1. The molecule has 0 spiro atoms. The van der Waals surface area contributed by atoms with Gasteiger partial charge in [0.25, 0.3) is 5.91 Å². The van der Waals surface area contributed by atoms with E-state index in [-0.39, 0.29) is 12.7 Å². The minimum atomic E-state index is 0.0659. The lowest BCUT2D eigenvalue weighted by atomic mass is 10.1. The van der Waals surface area contributed by atoms with Crippen molar-refractivity contribution < 1.29 is 14.3 Å². The smallest absolute Gasteiger partial charge is 0.254 e. The third kappa shape index (κ3) is 2.95. The van der Waals surface area contributed by atoms with E-state index in [0.717, 1.165) is 39.1 Å². The molecule has 0 unspecified atom stereocenters. The van der Waals surface area contributed by atoms with Crippen molar-refractivity contribution >= 4 is 17.2 Å². The van der Waals surface area contributed by atoms with Gasteiger partial charge in [0, 0.05) is 36.6 Å². The Morgan fingerprint density at radius 3 is 2.81 bits per heavy atom. The molecule has 1 saturated heterocycles. The zero-order valence-corrected chi connectivity index (χ0v) is 15.4. The summed E-state index contributed by atoms with van der Waals surface area (Å²) in [6.45, 7) is 4.41. The average molecular weight is 371 g/mol. The number of carbonyl (C=O) groups excluding carboxylic acids is 1. The van der Waals surface area contributed by atoms with Gasteiger partial charge in [-0.1, -0.05) is 0 Å². The van der Waals surface area contributed by atoms with Crippen LogP contribution in [0.25, 0.3) is 0 Å². The van der Waals surface area contributed by atoms with Crippen LogP contribution in [0.4, 0.5) is 0 Å². The van der Waals surface area contributed by atoms with E-state index in [2.05, 4.69) is 4.90 Å². The third-order valence-electron chi connectivity index (χ3n) is 5.28. The summed E-state index contributed by atoms with van der Waals surface area (Å²) in [5, 5.41) is 1.23. The molecule has 0 saturated carbocycles. The van der Waals surface area contributed by atoms with Crippen LogP contribution in [0.3, 0.4) is 0 Å². The Morgan fingerprint density at radius 1 is 1.12 bits per heavy atom. The second kappa shape index (κ2) is 6.55. The van der Waals surface area contributed by atoms with Gasteiger partial charge < -0.3 is 14.4 Å². The molecule has 2 aliphatic heterocycles. The lowest BCUT2D eigenvalue weighted by molar-refractivity contribution is 0.0628. The van der Waals surface area contributed by atoms with Gasteiger partial charge in [0.05, 0.1) is 12.2 Å². The first-order chi connectivity index (χ1) is 12.8. The maximum absolute atomic E-state index is 12.8. The second-order valence-corrected chi connectivity index (χ2v) is 8.14. The van der Waals surface area contributed by atoms with Crippen LogP contribution in [0.2, 0.25) is 0 Å². The number of aromatic nitrogens is 1. The van der Waals surface area contributed by atoms with Crippen LogP contribution < -0.4 is 9.47 Å². The number of nitrogens with zero attached hydrogens (tertiary/aromatic N) is 3. The molecule has 0 radical (unpaired) electrons. The molecule has 26 heavy (non-hydrogen) atoms. The molecular formula is C19H21N3O3S. The van der Waals surface area contributed by atoms with Crippen LogP contribution in [0.5, 0.6) is 11.5 Å². The van der Waals surface area contributed by atoms with Crippen molar-refractivity contribution in [1.82, 2.24) is 14.8 Å². The highest BCUT2D eigenvalue weighted by Gasteiger charge is 2.25. The summed E-state index contributed by atoms with van der Waals surface area (Å²) in [7, 11) is 0. The van der Waals surface area contributed by atoms with Gasteiger partial charge in [-0.2, -0.15) is 0 Å². The first kappa shape index (κ1) is 16.1. The van der Waals surface area contributed by atoms with Gasteiger partial charge in [0.15, 0.2) is 11.5 Å². The van der Waals surface area contributed by atoms with Gasteiger partial charge in [0.2, 0.25) is 6.79 Å². The molecule has 2 aromatic rings. The maximum Gasteiger partial charge on any atom is 0.254 e. The molecule has 1 fully saturated rings. The number of benzene rings is 1. The van der Waals surface area contributed by atoms with E-state index in [0.29, 0.717) is 17.1 Å². The standard InChI is InChI=1S/C19H21N3O3S/c23-19(13-4-5-15-16(10-13)25-12-24-15)22-8-6-21(7-9-22)11-18-20-14-2-1-3-17(14)26-18/h4-5,10H,1-3,6-9,11-12H2. The van der Waals surface area contributed by atoms with Crippen molar-refractivity contribution in [1.29, 1.82) is 0 Å². The minimum Gasteiger partial charge on any atom is -0.454 e. The zero-order valence-electron chi connectivity index (χ0n) is 14.6. The number of piperazine rings is 1. The van der Waals surface area contributed by atoms with Crippen molar-refractivity contribution in [2.24, 2.45) is 0 Å². The van der Waals surface area contributed by atoms with E-state index >= 15 is 0 Å². The normalized spacial score (nSPS) is 19.0. The zero-order chi connectivity index (χ0) is 17.5. The summed E-state index contributed by atoms with van der Waals surface area (Å²) in [4.78, 5) is 23.4. The Bertz CT molecular complexity index is 821. The van der Waals surface area contributed by atoms with Gasteiger partial charge in [0.1, 0.15) is 5.01 Å². The van der Waals surface area contributed by atoms with Crippen molar-refractivity contribution in [3.63, 3.8) is 0 Å². The highest BCUT2D eigenvalue weighted by atomic mass is 32.1. The van der Waals surface area contributed by atoms with E-state index in [9.17, 15) is 4.79 Å². The molecule has 5 rings (SSSR count). The van der Waals surface area contributed by atoms with Gasteiger partial charge in [-0.15, -0.1) is 11.3 Å². The molecule has 1 aromatic carbocycles. The van der Waals surface area contributed by atoms with Crippen LogP contribution in [0, 0.1) is 0 Å². The third-order valence-corrected chi connectivity index (χ3v) is 6.42. The van der Waals surface area contributed by atoms with E-state index < -0.39 is 0 Å². The number of hydrogen-bond acceptors (Lipinski definition) is 6. The van der Waals surface area contributed by atoms with Crippen molar-refractivity contribution in [3.05, 3.63) is 39.3 Å². The van der Waals surface area contributed by atoms with Gasteiger partial charge in [-0.25, -0.2) is 4.98 Å². The Morgan fingerprint density at radius 2 is 1.96 bits per heavy atom. The molecule has 0 bridgehead atoms. The largest absolute Gasteiger partial charge is 0.454 e.